The number of benzene rings is 1. The summed E-state index contributed by atoms with van der Waals surface area (Å²) in [7, 11) is 0. The number of hydrogen-bond donors (Lipinski definition) is 0. The molecule has 0 saturated heterocycles. The Bertz CT molecular complexity index is 693. The molecule has 0 bridgehead atoms. The normalized spacial score (nSPS) is 12.5. The molecule has 1 unspecified atom stereocenters. The highest BCUT2D eigenvalue weighted by Gasteiger charge is 2.21. The second-order valence-corrected chi connectivity index (χ2v) is 7.06. The number of nitrogens with zero attached hydrogens (tertiary/aromatic N) is 1. The SMILES string of the molecule is Cc1cc(Br)cc(C)c1-n1c(C)cc(C(=O)C(C)Cl)c1C. The third-order valence-electron chi connectivity index (χ3n) is 3.74. The van der Waals surface area contributed by atoms with Crippen LogP contribution in [0.3, 0.4) is 0 Å². The van der Waals surface area contributed by atoms with E-state index in [4.69, 9.17) is 11.6 Å². The summed E-state index contributed by atoms with van der Waals surface area (Å²) in [6.45, 7) is 9.87. The molecular weight excluding hydrogens is 350 g/mol. The van der Waals surface area contributed by atoms with E-state index in [1.807, 2.05) is 19.9 Å². The summed E-state index contributed by atoms with van der Waals surface area (Å²) in [5.74, 6) is -0.0246. The van der Waals surface area contributed by atoms with Crippen molar-refractivity contribution in [2.24, 2.45) is 0 Å². The fourth-order valence-corrected chi connectivity index (χ4v) is 3.63. The second-order valence-electron chi connectivity index (χ2n) is 5.49. The van der Waals surface area contributed by atoms with Gasteiger partial charge in [0, 0.05) is 21.4 Å². The average molecular weight is 369 g/mol. The van der Waals surface area contributed by atoms with Gasteiger partial charge in [0.1, 0.15) is 0 Å². The largest absolute Gasteiger partial charge is 0.317 e. The maximum Gasteiger partial charge on any atom is 0.182 e. The van der Waals surface area contributed by atoms with E-state index >= 15 is 0 Å². The van der Waals surface area contributed by atoms with Gasteiger partial charge in [0.25, 0.3) is 0 Å². The zero-order chi connectivity index (χ0) is 15.9. The third-order valence-corrected chi connectivity index (χ3v) is 4.39. The summed E-state index contributed by atoms with van der Waals surface area (Å²) in [4.78, 5) is 12.2. The number of alkyl halides is 1. The fraction of sp³-hybridized carbons (Fsp3) is 0.353. The van der Waals surface area contributed by atoms with E-state index in [0.717, 1.165) is 21.5 Å². The highest BCUT2D eigenvalue weighted by Crippen LogP contribution is 2.29. The highest BCUT2D eigenvalue weighted by molar-refractivity contribution is 9.10. The molecular formula is C17H19BrClNO. The Kier molecular flexibility index (Phi) is 4.64. The molecule has 112 valence electrons. The number of Topliss-reactive ketones (excluding diaryl/α,β-unsaturated/α-hetero) is 1. The molecule has 0 aliphatic heterocycles. The van der Waals surface area contributed by atoms with Gasteiger partial charge >= 0.3 is 0 Å². The summed E-state index contributed by atoms with van der Waals surface area (Å²) in [5.41, 5.74) is 6.16. The van der Waals surface area contributed by atoms with Gasteiger partial charge < -0.3 is 4.57 Å². The molecule has 1 aromatic heterocycles. The molecule has 1 atom stereocenters. The predicted octanol–water partition coefficient (Wildman–Crippen LogP) is 5.28. The number of halogens is 2. The molecule has 0 aliphatic rings. The van der Waals surface area contributed by atoms with Crippen molar-refractivity contribution in [3.8, 4) is 5.69 Å². The van der Waals surface area contributed by atoms with E-state index in [1.54, 1.807) is 6.92 Å². The lowest BCUT2D eigenvalue weighted by atomic mass is 10.1. The lowest BCUT2D eigenvalue weighted by molar-refractivity contribution is 0.0991. The zero-order valence-corrected chi connectivity index (χ0v) is 15.3. The van der Waals surface area contributed by atoms with Crippen LogP contribution >= 0.6 is 27.5 Å². The van der Waals surface area contributed by atoms with Crippen LogP contribution in [0, 0.1) is 27.7 Å². The quantitative estimate of drug-likeness (QED) is 0.533. The topological polar surface area (TPSA) is 22.0 Å². The summed E-state index contributed by atoms with van der Waals surface area (Å²) in [5, 5.41) is -0.508. The van der Waals surface area contributed by atoms with Crippen LogP contribution in [-0.2, 0) is 0 Å². The Balaban J connectivity index is 2.70. The minimum absolute atomic E-state index is 0.0246. The molecule has 0 fully saturated rings. The maximum atomic E-state index is 12.2. The number of ketones is 1. The van der Waals surface area contributed by atoms with E-state index in [9.17, 15) is 4.79 Å². The van der Waals surface area contributed by atoms with Gasteiger partial charge in [0.05, 0.1) is 11.1 Å². The zero-order valence-electron chi connectivity index (χ0n) is 12.9. The first-order chi connectivity index (χ1) is 9.73. The first-order valence-corrected chi connectivity index (χ1v) is 8.11. The lowest BCUT2D eigenvalue weighted by Gasteiger charge is -2.16. The van der Waals surface area contributed by atoms with Gasteiger partial charge in [-0.3, -0.25) is 4.79 Å². The number of hydrogen-bond acceptors (Lipinski definition) is 1. The van der Waals surface area contributed by atoms with Gasteiger partial charge in [0.2, 0.25) is 0 Å². The number of rotatable bonds is 3. The standard InChI is InChI=1S/C17H19BrClNO/c1-9-6-14(18)7-10(2)16(9)20-11(3)8-15(13(20)5)17(21)12(4)19/h6-8,12H,1-5H3. The van der Waals surface area contributed by atoms with Crippen molar-refractivity contribution < 1.29 is 4.79 Å². The van der Waals surface area contributed by atoms with Crippen LogP contribution in [0.5, 0.6) is 0 Å². The Hall–Kier alpha value is -1.06. The minimum atomic E-state index is -0.508. The maximum absolute atomic E-state index is 12.2. The molecule has 2 aromatic rings. The summed E-state index contributed by atoms with van der Waals surface area (Å²) in [6, 6.07) is 6.11. The Morgan fingerprint density at radius 3 is 2.14 bits per heavy atom. The molecule has 4 heteroatoms. The molecule has 0 radical (unpaired) electrons. The van der Waals surface area contributed by atoms with Crippen molar-refractivity contribution in [1.29, 1.82) is 0 Å². The van der Waals surface area contributed by atoms with Gasteiger partial charge in [-0.25, -0.2) is 0 Å². The highest BCUT2D eigenvalue weighted by atomic mass is 79.9. The van der Waals surface area contributed by atoms with E-state index in [0.29, 0.717) is 5.56 Å². The first kappa shape index (κ1) is 16.3. The van der Waals surface area contributed by atoms with Crippen molar-refractivity contribution in [3.05, 3.63) is 50.8 Å². The third kappa shape index (κ3) is 2.95. The minimum Gasteiger partial charge on any atom is -0.317 e. The number of carbonyl (C=O) groups is 1. The van der Waals surface area contributed by atoms with Crippen LogP contribution < -0.4 is 0 Å². The molecule has 1 aromatic carbocycles. The van der Waals surface area contributed by atoms with Crippen molar-refractivity contribution in [2.45, 2.75) is 40.0 Å². The fourth-order valence-electron chi connectivity index (χ4n) is 2.83. The van der Waals surface area contributed by atoms with Crippen LogP contribution in [0.4, 0.5) is 0 Å². The van der Waals surface area contributed by atoms with Gasteiger partial charge in [-0.05, 0) is 63.9 Å². The molecule has 21 heavy (non-hydrogen) atoms. The van der Waals surface area contributed by atoms with Crippen molar-refractivity contribution in [2.75, 3.05) is 0 Å². The average Bonchev–Trinajstić information content (AvgIpc) is 2.64. The van der Waals surface area contributed by atoms with Gasteiger partial charge in [-0.15, -0.1) is 11.6 Å². The van der Waals surface area contributed by atoms with Gasteiger partial charge in [-0.2, -0.15) is 0 Å². The number of carbonyl (C=O) groups excluding carboxylic acids is 1. The van der Waals surface area contributed by atoms with Gasteiger partial charge in [0.15, 0.2) is 5.78 Å². The van der Waals surface area contributed by atoms with Crippen molar-refractivity contribution >= 4 is 33.3 Å². The molecule has 0 N–H and O–H groups in total. The predicted molar refractivity (Wildman–Crippen MR) is 92.1 cm³/mol. The molecule has 0 amide bonds. The molecule has 1 heterocycles. The van der Waals surface area contributed by atoms with Crippen molar-refractivity contribution in [3.63, 3.8) is 0 Å². The van der Waals surface area contributed by atoms with E-state index in [-0.39, 0.29) is 5.78 Å². The van der Waals surface area contributed by atoms with Crippen LogP contribution in [0.15, 0.2) is 22.7 Å². The Labute approximate surface area is 139 Å². The van der Waals surface area contributed by atoms with E-state index in [1.165, 1.54) is 11.1 Å². The molecule has 0 spiro atoms. The van der Waals surface area contributed by atoms with Crippen LogP contribution in [-0.4, -0.2) is 15.7 Å². The molecule has 2 rings (SSSR count). The first-order valence-electron chi connectivity index (χ1n) is 6.88. The molecule has 0 aliphatic carbocycles. The van der Waals surface area contributed by atoms with Gasteiger partial charge in [-0.1, -0.05) is 15.9 Å². The molecule has 0 saturated carbocycles. The lowest BCUT2D eigenvalue weighted by Crippen LogP contribution is -2.12. The van der Waals surface area contributed by atoms with E-state index < -0.39 is 5.38 Å². The van der Waals surface area contributed by atoms with Crippen molar-refractivity contribution in [1.82, 2.24) is 4.57 Å². The Morgan fingerprint density at radius 1 is 1.14 bits per heavy atom. The number of aromatic nitrogens is 1. The second kappa shape index (κ2) is 5.98. The summed E-state index contributed by atoms with van der Waals surface area (Å²) >= 11 is 9.48. The summed E-state index contributed by atoms with van der Waals surface area (Å²) in [6.07, 6.45) is 0. The monoisotopic (exact) mass is 367 g/mol. The van der Waals surface area contributed by atoms with Crippen LogP contribution in [0.1, 0.15) is 39.8 Å². The van der Waals surface area contributed by atoms with Crippen LogP contribution in [0.25, 0.3) is 5.69 Å². The Morgan fingerprint density at radius 2 is 1.67 bits per heavy atom. The smallest absolute Gasteiger partial charge is 0.182 e. The summed E-state index contributed by atoms with van der Waals surface area (Å²) < 4.78 is 3.21. The van der Waals surface area contributed by atoms with Crippen LogP contribution in [0.2, 0.25) is 0 Å². The number of aryl methyl sites for hydroxylation is 3. The molecule has 2 nitrogen and oxygen atoms in total. The van der Waals surface area contributed by atoms with E-state index in [2.05, 4.69) is 46.5 Å².